The molecule has 1 aromatic heterocycles. The third-order valence-electron chi connectivity index (χ3n) is 5.18. The third-order valence-corrected chi connectivity index (χ3v) is 5.48. The molecule has 0 aliphatic heterocycles. The molecule has 0 bridgehead atoms. The summed E-state index contributed by atoms with van der Waals surface area (Å²) in [5.41, 5.74) is 3.76. The molecular weight excluding hydrogens is 441 g/mol. The zero-order valence-corrected chi connectivity index (χ0v) is 17.5. The number of benzene rings is 2. The number of carbonyl (C=O) groups excluding carboxylic acids is 1. The molecule has 0 atom stereocenters. The minimum absolute atomic E-state index is 0.0427. The second-order valence-corrected chi connectivity index (χ2v) is 7.60. The van der Waals surface area contributed by atoms with E-state index in [0.29, 0.717) is 6.20 Å². The maximum atomic E-state index is 12.7. The number of carbonyl (C=O) groups is 1. The van der Waals surface area contributed by atoms with Crippen molar-refractivity contribution in [3.63, 3.8) is 0 Å². The number of alkyl carbamates (subject to hydrolysis) is 1. The smallest absolute Gasteiger partial charge is 0.417 e. The predicted octanol–water partition coefficient (Wildman–Crippen LogP) is 6.31. The number of fused-ring (bicyclic) bond motifs is 3. The van der Waals surface area contributed by atoms with E-state index in [9.17, 15) is 18.0 Å². The van der Waals surface area contributed by atoms with Crippen molar-refractivity contribution in [1.29, 1.82) is 0 Å². The van der Waals surface area contributed by atoms with Gasteiger partial charge < -0.3 is 10.1 Å². The fourth-order valence-electron chi connectivity index (χ4n) is 3.69. The summed E-state index contributed by atoms with van der Waals surface area (Å²) in [5.74, 6) is -0.0427. The molecule has 8 heteroatoms. The lowest BCUT2D eigenvalue weighted by Crippen LogP contribution is -2.26. The molecule has 1 aliphatic rings. The van der Waals surface area contributed by atoms with Gasteiger partial charge in [-0.15, -0.1) is 0 Å². The molecule has 3 aromatic rings. The van der Waals surface area contributed by atoms with E-state index < -0.39 is 17.8 Å². The van der Waals surface area contributed by atoms with Crippen LogP contribution in [0.2, 0.25) is 5.02 Å². The molecule has 1 amide bonds. The van der Waals surface area contributed by atoms with Crippen LogP contribution in [0.4, 0.5) is 18.0 Å². The lowest BCUT2D eigenvalue weighted by Gasteiger charge is -2.14. The Labute approximate surface area is 187 Å². The summed E-state index contributed by atoms with van der Waals surface area (Å²) in [5, 5.41) is 2.45. The largest absolute Gasteiger partial charge is 0.449 e. The zero-order valence-electron chi connectivity index (χ0n) is 16.7. The van der Waals surface area contributed by atoms with Gasteiger partial charge in [-0.1, -0.05) is 66.2 Å². The van der Waals surface area contributed by atoms with Crippen molar-refractivity contribution >= 4 is 23.8 Å². The molecule has 1 N–H and O–H groups in total. The number of alkyl halides is 3. The van der Waals surface area contributed by atoms with Gasteiger partial charge in [0.25, 0.3) is 0 Å². The standard InChI is InChI=1S/C24H18ClF3N2O2/c25-21-12-15(24(26,27)28)13-30-22(21)10-5-11-29-23(31)32-14-20-18-8-3-1-6-16(18)17-7-2-4-9-19(17)20/h1-10,12-13,20H,11,14H2,(H,29,31). The fourth-order valence-corrected chi connectivity index (χ4v) is 3.92. The van der Waals surface area contributed by atoms with Crippen LogP contribution in [0.15, 0.2) is 66.9 Å². The summed E-state index contributed by atoms with van der Waals surface area (Å²) in [7, 11) is 0. The third kappa shape index (κ3) is 4.62. The number of aromatic nitrogens is 1. The van der Waals surface area contributed by atoms with Crippen LogP contribution in [0, 0.1) is 0 Å². The first-order valence-electron chi connectivity index (χ1n) is 9.82. The van der Waals surface area contributed by atoms with E-state index in [1.807, 2.05) is 36.4 Å². The van der Waals surface area contributed by atoms with Gasteiger partial charge in [-0.05, 0) is 34.4 Å². The summed E-state index contributed by atoms with van der Waals surface area (Å²) in [6.07, 6.45) is -1.42. The number of nitrogens with one attached hydrogen (secondary N) is 1. The van der Waals surface area contributed by atoms with Crippen molar-refractivity contribution in [2.45, 2.75) is 12.1 Å². The van der Waals surface area contributed by atoms with Gasteiger partial charge in [0.15, 0.2) is 0 Å². The number of rotatable bonds is 5. The number of pyridine rings is 1. The van der Waals surface area contributed by atoms with Crippen LogP contribution in [0.5, 0.6) is 0 Å². The van der Waals surface area contributed by atoms with Gasteiger partial charge in [0.1, 0.15) is 6.61 Å². The second kappa shape index (κ2) is 9.04. The van der Waals surface area contributed by atoms with Crippen molar-refractivity contribution < 1.29 is 22.7 Å². The molecule has 32 heavy (non-hydrogen) atoms. The van der Waals surface area contributed by atoms with E-state index in [-0.39, 0.29) is 29.8 Å². The SMILES string of the molecule is O=C(NCC=Cc1ncc(C(F)(F)F)cc1Cl)OCC1c2ccccc2-c2ccccc21. The normalized spacial score (nSPS) is 13.1. The average molecular weight is 459 g/mol. The van der Waals surface area contributed by atoms with E-state index >= 15 is 0 Å². The molecule has 0 unspecified atom stereocenters. The molecule has 0 radical (unpaired) electrons. The number of ether oxygens (including phenoxy) is 1. The van der Waals surface area contributed by atoms with Crippen LogP contribution < -0.4 is 5.32 Å². The van der Waals surface area contributed by atoms with Crippen LogP contribution in [0.1, 0.15) is 28.3 Å². The number of hydrogen-bond donors (Lipinski definition) is 1. The van der Waals surface area contributed by atoms with Crippen molar-refractivity contribution in [2.75, 3.05) is 13.2 Å². The number of nitrogens with zero attached hydrogens (tertiary/aromatic N) is 1. The Morgan fingerprint density at radius 1 is 1.09 bits per heavy atom. The maximum absolute atomic E-state index is 12.7. The van der Waals surface area contributed by atoms with Gasteiger partial charge in [0, 0.05) is 18.7 Å². The molecule has 4 rings (SSSR count). The fraction of sp³-hybridized carbons (Fsp3) is 0.167. The Hall–Kier alpha value is -3.32. The molecule has 1 aliphatic carbocycles. The second-order valence-electron chi connectivity index (χ2n) is 7.20. The van der Waals surface area contributed by atoms with Crippen LogP contribution in [0.25, 0.3) is 17.2 Å². The average Bonchev–Trinajstić information content (AvgIpc) is 3.09. The lowest BCUT2D eigenvalue weighted by molar-refractivity contribution is -0.137. The molecule has 1 heterocycles. The maximum Gasteiger partial charge on any atom is 0.417 e. The predicted molar refractivity (Wildman–Crippen MR) is 116 cm³/mol. The van der Waals surface area contributed by atoms with Crippen LogP contribution in [-0.4, -0.2) is 24.2 Å². The number of hydrogen-bond acceptors (Lipinski definition) is 3. The summed E-state index contributed by atoms with van der Waals surface area (Å²) < 4.78 is 43.4. The first-order chi connectivity index (χ1) is 15.3. The molecule has 0 spiro atoms. The van der Waals surface area contributed by atoms with E-state index in [2.05, 4.69) is 22.4 Å². The highest BCUT2D eigenvalue weighted by molar-refractivity contribution is 6.31. The minimum Gasteiger partial charge on any atom is -0.449 e. The molecular formula is C24H18ClF3N2O2. The highest BCUT2D eigenvalue weighted by atomic mass is 35.5. The molecule has 164 valence electrons. The van der Waals surface area contributed by atoms with Gasteiger partial charge in [-0.25, -0.2) is 4.79 Å². The summed E-state index contributed by atoms with van der Waals surface area (Å²) in [6.45, 7) is 0.297. The highest BCUT2D eigenvalue weighted by Gasteiger charge is 2.31. The topological polar surface area (TPSA) is 51.2 Å². The zero-order chi connectivity index (χ0) is 22.7. The highest BCUT2D eigenvalue weighted by Crippen LogP contribution is 2.44. The quantitative estimate of drug-likeness (QED) is 0.487. The van der Waals surface area contributed by atoms with E-state index in [1.165, 1.54) is 12.2 Å². The van der Waals surface area contributed by atoms with Crippen molar-refractivity contribution in [1.82, 2.24) is 10.3 Å². The van der Waals surface area contributed by atoms with Gasteiger partial charge in [0.05, 0.1) is 16.3 Å². The summed E-state index contributed by atoms with van der Waals surface area (Å²) >= 11 is 5.86. The summed E-state index contributed by atoms with van der Waals surface area (Å²) in [4.78, 5) is 15.8. The Balaban J connectivity index is 1.32. The van der Waals surface area contributed by atoms with E-state index in [0.717, 1.165) is 28.3 Å². The van der Waals surface area contributed by atoms with E-state index in [4.69, 9.17) is 16.3 Å². The van der Waals surface area contributed by atoms with E-state index in [1.54, 1.807) is 0 Å². The first-order valence-corrected chi connectivity index (χ1v) is 10.2. The Morgan fingerprint density at radius 3 is 2.31 bits per heavy atom. The molecule has 4 nitrogen and oxygen atoms in total. The van der Waals surface area contributed by atoms with Crippen LogP contribution in [0.3, 0.4) is 0 Å². The first kappa shape index (κ1) is 21.9. The van der Waals surface area contributed by atoms with Gasteiger partial charge >= 0.3 is 12.3 Å². The number of amides is 1. The molecule has 0 saturated heterocycles. The van der Waals surface area contributed by atoms with Crippen molar-refractivity contribution in [2.24, 2.45) is 0 Å². The molecule has 0 saturated carbocycles. The van der Waals surface area contributed by atoms with Crippen molar-refractivity contribution in [3.05, 3.63) is 94.3 Å². The van der Waals surface area contributed by atoms with Crippen LogP contribution in [-0.2, 0) is 10.9 Å². The van der Waals surface area contributed by atoms with Gasteiger partial charge in [-0.3, -0.25) is 4.98 Å². The minimum atomic E-state index is -4.51. The number of halogens is 4. The Kier molecular flexibility index (Phi) is 6.19. The monoisotopic (exact) mass is 458 g/mol. The van der Waals surface area contributed by atoms with Gasteiger partial charge in [0.2, 0.25) is 0 Å². The molecule has 2 aromatic carbocycles. The van der Waals surface area contributed by atoms with Gasteiger partial charge in [-0.2, -0.15) is 13.2 Å². The Morgan fingerprint density at radius 2 is 1.72 bits per heavy atom. The molecule has 0 fully saturated rings. The van der Waals surface area contributed by atoms with Crippen LogP contribution >= 0.6 is 11.6 Å². The Bertz CT molecular complexity index is 1130. The summed E-state index contributed by atoms with van der Waals surface area (Å²) in [6, 6.07) is 16.9. The lowest BCUT2D eigenvalue weighted by atomic mass is 9.98. The van der Waals surface area contributed by atoms with Crippen molar-refractivity contribution in [3.8, 4) is 11.1 Å².